The van der Waals surface area contributed by atoms with Gasteiger partial charge in [-0.05, 0) is 19.9 Å². The lowest BCUT2D eigenvalue weighted by Gasteiger charge is -2.18. The molecule has 0 aliphatic heterocycles. The van der Waals surface area contributed by atoms with Crippen molar-refractivity contribution < 1.29 is 19.6 Å². The van der Waals surface area contributed by atoms with Crippen LogP contribution in [0.15, 0.2) is 12.1 Å². The number of carbonyl (C=O) groups is 1. The van der Waals surface area contributed by atoms with Gasteiger partial charge in [0.25, 0.3) is 0 Å². The molecule has 8 nitrogen and oxygen atoms in total. The molecule has 0 saturated heterocycles. The van der Waals surface area contributed by atoms with Crippen molar-refractivity contribution in [2.45, 2.75) is 19.4 Å². The number of anilines is 1. The minimum Gasteiger partial charge on any atom is -0.464 e. The third kappa shape index (κ3) is 4.18. The molecule has 1 aromatic heterocycles. The van der Waals surface area contributed by atoms with Crippen molar-refractivity contribution in [3.8, 4) is 0 Å². The summed E-state index contributed by atoms with van der Waals surface area (Å²) in [5.74, 6) is -0.781. The van der Waals surface area contributed by atoms with Crippen LogP contribution in [0.1, 0.15) is 24.3 Å². The van der Waals surface area contributed by atoms with Gasteiger partial charge in [-0.2, -0.15) is 0 Å². The predicted octanol–water partition coefficient (Wildman–Crippen LogP) is 0.959. The largest absolute Gasteiger partial charge is 0.464 e. The third-order valence-electron chi connectivity index (χ3n) is 2.15. The molecule has 1 heterocycles. The first-order chi connectivity index (χ1) is 8.74. The number of nitro groups is 1. The number of nitrogens with one attached hydrogen (secondary N) is 1. The Kier molecular flexibility index (Phi) is 4.38. The number of pyridine rings is 1. The molecular weight excluding hydrogens is 254 g/mol. The molecule has 0 atom stereocenters. The van der Waals surface area contributed by atoms with E-state index in [4.69, 9.17) is 0 Å². The van der Waals surface area contributed by atoms with Gasteiger partial charge in [0.15, 0.2) is 5.69 Å². The molecule has 0 bridgehead atoms. The highest BCUT2D eigenvalue weighted by atomic mass is 16.6. The lowest BCUT2D eigenvalue weighted by atomic mass is 10.1. The lowest BCUT2D eigenvalue weighted by Crippen LogP contribution is -2.30. The monoisotopic (exact) mass is 269 g/mol. The third-order valence-corrected chi connectivity index (χ3v) is 2.15. The number of nitrogens with zero attached hydrogens (tertiary/aromatic N) is 2. The Morgan fingerprint density at radius 1 is 1.58 bits per heavy atom. The zero-order valence-corrected chi connectivity index (χ0v) is 10.8. The molecule has 0 aliphatic rings. The molecule has 2 N–H and O–H groups in total. The first-order valence-corrected chi connectivity index (χ1v) is 5.44. The smallest absolute Gasteiger partial charge is 0.356 e. The van der Waals surface area contributed by atoms with E-state index < -0.39 is 16.5 Å². The highest BCUT2D eigenvalue weighted by molar-refractivity contribution is 5.88. The molecule has 19 heavy (non-hydrogen) atoms. The minimum atomic E-state index is -1.07. The summed E-state index contributed by atoms with van der Waals surface area (Å²) in [6.07, 6.45) is 0. The van der Waals surface area contributed by atoms with E-state index in [0.717, 1.165) is 6.07 Å². The molecule has 0 aromatic carbocycles. The molecular formula is C11H15N3O5. The zero-order valence-electron chi connectivity index (χ0n) is 10.8. The van der Waals surface area contributed by atoms with Crippen LogP contribution in [0.4, 0.5) is 11.5 Å². The Hall–Kier alpha value is -2.22. The van der Waals surface area contributed by atoms with Gasteiger partial charge in [0.1, 0.15) is 0 Å². The van der Waals surface area contributed by atoms with Gasteiger partial charge in [-0.3, -0.25) is 10.1 Å². The highest BCUT2D eigenvalue weighted by Crippen LogP contribution is 2.23. The summed E-state index contributed by atoms with van der Waals surface area (Å²) < 4.78 is 4.49. The van der Waals surface area contributed by atoms with Gasteiger partial charge < -0.3 is 15.2 Å². The molecule has 0 radical (unpaired) electrons. The van der Waals surface area contributed by atoms with Crippen molar-refractivity contribution in [2.24, 2.45) is 0 Å². The topological polar surface area (TPSA) is 115 Å². The van der Waals surface area contributed by atoms with Crippen LogP contribution in [-0.4, -0.2) is 40.2 Å². The predicted molar refractivity (Wildman–Crippen MR) is 67.0 cm³/mol. The average molecular weight is 269 g/mol. The Morgan fingerprint density at radius 3 is 2.68 bits per heavy atom. The van der Waals surface area contributed by atoms with Crippen LogP contribution in [0.2, 0.25) is 0 Å². The second-order valence-electron chi connectivity index (χ2n) is 4.48. The molecule has 0 aliphatic carbocycles. The first-order valence-electron chi connectivity index (χ1n) is 5.44. The zero-order chi connectivity index (χ0) is 14.6. The van der Waals surface area contributed by atoms with E-state index in [-0.39, 0.29) is 23.7 Å². The highest BCUT2D eigenvalue weighted by Gasteiger charge is 2.21. The normalized spacial score (nSPS) is 10.9. The van der Waals surface area contributed by atoms with Crippen LogP contribution < -0.4 is 5.32 Å². The van der Waals surface area contributed by atoms with Gasteiger partial charge in [0.05, 0.1) is 17.6 Å². The van der Waals surface area contributed by atoms with E-state index >= 15 is 0 Å². The van der Waals surface area contributed by atoms with E-state index in [0.29, 0.717) is 0 Å². The van der Waals surface area contributed by atoms with Gasteiger partial charge in [-0.25, -0.2) is 9.78 Å². The summed E-state index contributed by atoms with van der Waals surface area (Å²) >= 11 is 0. The summed E-state index contributed by atoms with van der Waals surface area (Å²) in [5.41, 5.74) is -1.40. The summed E-state index contributed by atoms with van der Waals surface area (Å²) in [6.45, 7) is 3.12. The second-order valence-corrected chi connectivity index (χ2v) is 4.48. The maximum atomic E-state index is 11.3. The maximum absolute atomic E-state index is 11.3. The summed E-state index contributed by atoms with van der Waals surface area (Å²) in [4.78, 5) is 25.4. The number of rotatable bonds is 5. The average Bonchev–Trinajstić information content (AvgIpc) is 2.34. The number of ether oxygens (including phenoxy) is 1. The van der Waals surface area contributed by atoms with Crippen molar-refractivity contribution in [3.05, 3.63) is 27.9 Å². The Balaban J connectivity index is 3.09. The number of aliphatic hydroxyl groups is 1. The molecule has 8 heteroatoms. The summed E-state index contributed by atoms with van der Waals surface area (Å²) in [5, 5.41) is 23.1. The van der Waals surface area contributed by atoms with Crippen molar-refractivity contribution in [1.29, 1.82) is 0 Å². The standard InChI is InChI=1S/C11H15N3O5/c1-11(2,16)6-12-9-8(14(17)18)5-4-7(13-9)10(15)19-3/h4-5,16H,6H2,1-3H3,(H,12,13). The number of carbonyl (C=O) groups excluding carboxylic acids is 1. The minimum absolute atomic E-state index is 0.0471. The summed E-state index contributed by atoms with van der Waals surface area (Å²) in [6, 6.07) is 2.37. The Bertz CT molecular complexity index is 496. The molecule has 0 fully saturated rings. The number of methoxy groups -OCH3 is 1. The van der Waals surface area contributed by atoms with Crippen molar-refractivity contribution >= 4 is 17.5 Å². The van der Waals surface area contributed by atoms with E-state index in [9.17, 15) is 20.0 Å². The molecule has 0 saturated carbocycles. The van der Waals surface area contributed by atoms with Crippen LogP contribution in [0.25, 0.3) is 0 Å². The van der Waals surface area contributed by atoms with Crippen LogP contribution in [0, 0.1) is 10.1 Å². The maximum Gasteiger partial charge on any atom is 0.356 e. The van der Waals surface area contributed by atoms with E-state index in [1.807, 2.05) is 0 Å². The number of aromatic nitrogens is 1. The molecule has 104 valence electrons. The quantitative estimate of drug-likeness (QED) is 0.464. The van der Waals surface area contributed by atoms with Crippen LogP contribution in [-0.2, 0) is 4.74 Å². The van der Waals surface area contributed by atoms with Gasteiger partial charge in [-0.1, -0.05) is 0 Å². The molecule has 1 rings (SSSR count). The van der Waals surface area contributed by atoms with Gasteiger partial charge in [0.2, 0.25) is 5.82 Å². The van der Waals surface area contributed by atoms with Crippen molar-refractivity contribution in [3.63, 3.8) is 0 Å². The van der Waals surface area contributed by atoms with Crippen LogP contribution in [0.5, 0.6) is 0 Å². The molecule has 1 aromatic rings. The molecule has 0 spiro atoms. The number of hydrogen-bond donors (Lipinski definition) is 2. The van der Waals surface area contributed by atoms with E-state index in [1.165, 1.54) is 27.0 Å². The van der Waals surface area contributed by atoms with Crippen LogP contribution >= 0.6 is 0 Å². The van der Waals surface area contributed by atoms with Crippen LogP contribution in [0.3, 0.4) is 0 Å². The Morgan fingerprint density at radius 2 is 2.21 bits per heavy atom. The Labute approximate surface area is 109 Å². The number of esters is 1. The van der Waals surface area contributed by atoms with E-state index in [1.54, 1.807) is 0 Å². The molecule has 0 amide bonds. The summed E-state index contributed by atoms with van der Waals surface area (Å²) in [7, 11) is 1.19. The van der Waals surface area contributed by atoms with Crippen molar-refractivity contribution in [2.75, 3.05) is 19.0 Å². The number of hydrogen-bond acceptors (Lipinski definition) is 7. The fraction of sp³-hybridized carbons (Fsp3) is 0.455. The first kappa shape index (κ1) is 14.8. The lowest BCUT2D eigenvalue weighted by molar-refractivity contribution is -0.384. The van der Waals surface area contributed by atoms with Gasteiger partial charge in [-0.15, -0.1) is 0 Å². The van der Waals surface area contributed by atoms with Crippen molar-refractivity contribution in [1.82, 2.24) is 4.98 Å². The van der Waals surface area contributed by atoms with Gasteiger partial charge >= 0.3 is 11.7 Å². The van der Waals surface area contributed by atoms with E-state index in [2.05, 4.69) is 15.0 Å². The SMILES string of the molecule is COC(=O)c1ccc([N+](=O)[O-])c(NCC(C)(C)O)n1. The fourth-order valence-corrected chi connectivity index (χ4v) is 1.25. The molecule has 0 unspecified atom stereocenters. The fourth-order valence-electron chi connectivity index (χ4n) is 1.25. The second kappa shape index (κ2) is 5.61. The van der Waals surface area contributed by atoms with Gasteiger partial charge in [0, 0.05) is 12.6 Å².